The summed E-state index contributed by atoms with van der Waals surface area (Å²) >= 11 is 6.16. The number of anilines is 1. The molecule has 0 bridgehead atoms. The molecule has 0 amide bonds. The average Bonchev–Trinajstić information content (AvgIpc) is 2.46. The molecule has 0 atom stereocenters. The van der Waals surface area contributed by atoms with Gasteiger partial charge in [0.25, 0.3) is 0 Å². The van der Waals surface area contributed by atoms with Crippen molar-refractivity contribution < 1.29 is 4.74 Å². The van der Waals surface area contributed by atoms with Gasteiger partial charge in [-0.1, -0.05) is 25.4 Å². The summed E-state index contributed by atoms with van der Waals surface area (Å²) in [5, 5.41) is 0.523. The van der Waals surface area contributed by atoms with Gasteiger partial charge in [0.05, 0.1) is 12.1 Å². The second-order valence-corrected chi connectivity index (χ2v) is 5.57. The minimum absolute atomic E-state index is 0.498. The molecule has 0 saturated heterocycles. The van der Waals surface area contributed by atoms with E-state index in [9.17, 15) is 0 Å². The van der Waals surface area contributed by atoms with E-state index < -0.39 is 0 Å². The van der Waals surface area contributed by atoms with Crippen molar-refractivity contribution in [3.05, 3.63) is 35.0 Å². The number of benzene rings is 1. The van der Waals surface area contributed by atoms with E-state index in [1.807, 2.05) is 12.1 Å². The third-order valence-corrected chi connectivity index (χ3v) is 3.25. The first-order valence-corrected chi connectivity index (χ1v) is 7.09. The first-order valence-electron chi connectivity index (χ1n) is 6.72. The SMILES string of the molecule is COc1ccc(-c2nc(CC(C)C)cc(NN)n2)cc1Cl. The van der Waals surface area contributed by atoms with Crippen LogP contribution in [0.5, 0.6) is 5.75 Å². The monoisotopic (exact) mass is 306 g/mol. The number of hydrogen-bond acceptors (Lipinski definition) is 5. The lowest BCUT2D eigenvalue weighted by atomic mass is 10.1. The third kappa shape index (κ3) is 3.83. The minimum Gasteiger partial charge on any atom is -0.495 e. The van der Waals surface area contributed by atoms with Crippen LogP contribution in [-0.2, 0) is 6.42 Å². The smallest absolute Gasteiger partial charge is 0.161 e. The molecule has 0 radical (unpaired) electrons. The fourth-order valence-electron chi connectivity index (χ4n) is 2.03. The Kier molecular flexibility index (Phi) is 4.98. The molecule has 0 aliphatic heterocycles. The van der Waals surface area contributed by atoms with Crippen LogP contribution in [0.1, 0.15) is 19.5 Å². The minimum atomic E-state index is 0.498. The molecule has 1 heterocycles. The number of nitrogen functional groups attached to an aromatic ring is 1. The van der Waals surface area contributed by atoms with E-state index >= 15 is 0 Å². The highest BCUT2D eigenvalue weighted by molar-refractivity contribution is 6.32. The summed E-state index contributed by atoms with van der Waals surface area (Å²) in [6.45, 7) is 4.28. The van der Waals surface area contributed by atoms with Gasteiger partial charge in [0.2, 0.25) is 0 Å². The van der Waals surface area contributed by atoms with Crippen LogP contribution in [0.2, 0.25) is 5.02 Å². The van der Waals surface area contributed by atoms with E-state index in [4.69, 9.17) is 22.2 Å². The first kappa shape index (κ1) is 15.5. The highest BCUT2D eigenvalue weighted by Crippen LogP contribution is 2.29. The lowest BCUT2D eigenvalue weighted by Gasteiger charge is -2.10. The fraction of sp³-hybridized carbons (Fsp3) is 0.333. The highest BCUT2D eigenvalue weighted by atomic mass is 35.5. The van der Waals surface area contributed by atoms with Gasteiger partial charge < -0.3 is 10.2 Å². The lowest BCUT2D eigenvalue weighted by Crippen LogP contribution is -2.11. The zero-order chi connectivity index (χ0) is 15.4. The van der Waals surface area contributed by atoms with Gasteiger partial charge in [-0.15, -0.1) is 0 Å². The predicted octanol–water partition coefficient (Wildman–Crippen LogP) is 3.29. The van der Waals surface area contributed by atoms with E-state index in [1.165, 1.54) is 0 Å². The molecule has 2 aromatic rings. The zero-order valence-electron chi connectivity index (χ0n) is 12.4. The molecular weight excluding hydrogens is 288 g/mol. The van der Waals surface area contributed by atoms with E-state index in [0.717, 1.165) is 17.7 Å². The molecule has 0 saturated carbocycles. The van der Waals surface area contributed by atoms with Crippen molar-refractivity contribution in [2.24, 2.45) is 11.8 Å². The summed E-state index contributed by atoms with van der Waals surface area (Å²) in [4.78, 5) is 8.96. The van der Waals surface area contributed by atoms with Crippen LogP contribution < -0.4 is 16.0 Å². The molecule has 2 rings (SSSR count). The summed E-state index contributed by atoms with van der Waals surface area (Å²) in [7, 11) is 1.58. The summed E-state index contributed by atoms with van der Waals surface area (Å²) in [5.41, 5.74) is 4.34. The Morgan fingerprint density at radius 2 is 2.05 bits per heavy atom. The number of rotatable bonds is 5. The largest absolute Gasteiger partial charge is 0.495 e. The number of nitrogens with zero attached hydrogens (tertiary/aromatic N) is 2. The molecule has 1 aromatic carbocycles. The van der Waals surface area contributed by atoms with Gasteiger partial charge in [-0.05, 0) is 30.5 Å². The summed E-state index contributed by atoms with van der Waals surface area (Å²) in [5.74, 6) is 7.78. The Morgan fingerprint density at radius 3 is 2.62 bits per heavy atom. The molecule has 0 spiro atoms. The average molecular weight is 307 g/mol. The van der Waals surface area contributed by atoms with Crippen molar-refractivity contribution in [3.8, 4) is 17.1 Å². The molecule has 0 fully saturated rings. The maximum atomic E-state index is 6.16. The first-order chi connectivity index (χ1) is 10.0. The Balaban J connectivity index is 2.44. The Bertz CT molecular complexity index is 631. The van der Waals surface area contributed by atoms with Crippen LogP contribution in [0.15, 0.2) is 24.3 Å². The lowest BCUT2D eigenvalue weighted by molar-refractivity contribution is 0.415. The van der Waals surface area contributed by atoms with Crippen molar-refractivity contribution in [1.82, 2.24) is 9.97 Å². The molecule has 21 heavy (non-hydrogen) atoms. The summed E-state index contributed by atoms with van der Waals surface area (Å²) < 4.78 is 5.15. The van der Waals surface area contributed by atoms with Crippen LogP contribution in [-0.4, -0.2) is 17.1 Å². The zero-order valence-corrected chi connectivity index (χ0v) is 13.1. The summed E-state index contributed by atoms with van der Waals surface area (Å²) in [6, 6.07) is 7.31. The predicted molar refractivity (Wildman–Crippen MR) is 85.4 cm³/mol. The fourth-order valence-corrected chi connectivity index (χ4v) is 2.29. The number of nitrogens with two attached hydrogens (primary N) is 1. The number of methoxy groups -OCH3 is 1. The third-order valence-electron chi connectivity index (χ3n) is 2.95. The molecular formula is C15H19ClN4O. The quantitative estimate of drug-likeness (QED) is 0.655. The Labute approximate surface area is 129 Å². The normalized spacial score (nSPS) is 10.8. The standard InChI is InChI=1S/C15H19ClN4O/c1-9(2)6-11-8-14(20-17)19-15(18-11)10-4-5-13(21-3)12(16)7-10/h4-5,7-9H,6,17H2,1-3H3,(H,18,19,20). The van der Waals surface area contributed by atoms with Crippen LogP contribution in [0.3, 0.4) is 0 Å². The van der Waals surface area contributed by atoms with Gasteiger partial charge in [0.1, 0.15) is 11.6 Å². The van der Waals surface area contributed by atoms with Crippen LogP contribution in [0.4, 0.5) is 5.82 Å². The molecule has 6 heteroatoms. The topological polar surface area (TPSA) is 73.1 Å². The van der Waals surface area contributed by atoms with E-state index in [0.29, 0.717) is 28.3 Å². The van der Waals surface area contributed by atoms with Crippen molar-refractivity contribution in [2.45, 2.75) is 20.3 Å². The van der Waals surface area contributed by atoms with Crippen LogP contribution in [0, 0.1) is 5.92 Å². The second kappa shape index (κ2) is 6.74. The number of nitrogens with one attached hydrogen (secondary N) is 1. The molecule has 1 aromatic heterocycles. The molecule has 0 unspecified atom stereocenters. The van der Waals surface area contributed by atoms with Gasteiger partial charge in [0, 0.05) is 17.3 Å². The maximum Gasteiger partial charge on any atom is 0.161 e. The molecule has 112 valence electrons. The Hall–Kier alpha value is -1.85. The van der Waals surface area contributed by atoms with Crippen molar-refractivity contribution >= 4 is 17.4 Å². The molecule has 5 nitrogen and oxygen atoms in total. The van der Waals surface area contributed by atoms with Crippen molar-refractivity contribution in [2.75, 3.05) is 12.5 Å². The van der Waals surface area contributed by atoms with E-state index in [2.05, 4.69) is 29.2 Å². The second-order valence-electron chi connectivity index (χ2n) is 5.16. The molecule has 3 N–H and O–H groups in total. The molecule has 0 aliphatic rings. The van der Waals surface area contributed by atoms with Gasteiger partial charge in [-0.2, -0.15) is 0 Å². The van der Waals surface area contributed by atoms with E-state index in [-0.39, 0.29) is 0 Å². The van der Waals surface area contributed by atoms with Gasteiger partial charge in [-0.25, -0.2) is 15.8 Å². The number of hydrogen-bond donors (Lipinski definition) is 2. The van der Waals surface area contributed by atoms with Gasteiger partial charge in [-0.3, -0.25) is 0 Å². The summed E-state index contributed by atoms with van der Waals surface area (Å²) in [6.07, 6.45) is 0.855. The number of ether oxygens (including phenoxy) is 1. The van der Waals surface area contributed by atoms with Crippen molar-refractivity contribution in [3.63, 3.8) is 0 Å². The Morgan fingerprint density at radius 1 is 1.29 bits per heavy atom. The van der Waals surface area contributed by atoms with Gasteiger partial charge >= 0.3 is 0 Å². The number of halogens is 1. The number of aromatic nitrogens is 2. The van der Waals surface area contributed by atoms with E-state index in [1.54, 1.807) is 19.2 Å². The molecule has 0 aliphatic carbocycles. The van der Waals surface area contributed by atoms with Crippen LogP contribution in [0.25, 0.3) is 11.4 Å². The van der Waals surface area contributed by atoms with Crippen LogP contribution >= 0.6 is 11.6 Å². The highest BCUT2D eigenvalue weighted by Gasteiger charge is 2.10. The number of hydrazine groups is 1. The van der Waals surface area contributed by atoms with Gasteiger partial charge in [0.15, 0.2) is 5.82 Å². The maximum absolute atomic E-state index is 6.16. The van der Waals surface area contributed by atoms with Crippen molar-refractivity contribution in [1.29, 1.82) is 0 Å².